The quantitative estimate of drug-likeness (QED) is 0.848. The van der Waals surface area contributed by atoms with Gasteiger partial charge in [0.15, 0.2) is 0 Å². The van der Waals surface area contributed by atoms with Gasteiger partial charge in [0.05, 0.1) is 0 Å². The number of amides is 2. The van der Waals surface area contributed by atoms with Crippen LogP contribution in [0.3, 0.4) is 0 Å². The van der Waals surface area contributed by atoms with E-state index in [0.29, 0.717) is 13.0 Å². The highest BCUT2D eigenvalue weighted by Gasteiger charge is 2.30. The third kappa shape index (κ3) is 4.76. The topological polar surface area (TPSA) is 60.9 Å². The summed E-state index contributed by atoms with van der Waals surface area (Å²) in [7, 11) is 1.74. The minimum atomic E-state index is -0.814. The van der Waals surface area contributed by atoms with Crippen LogP contribution in [0.5, 0.6) is 0 Å². The minimum absolute atomic E-state index is 0.00811. The summed E-state index contributed by atoms with van der Waals surface area (Å²) in [6.07, 6.45) is 0.614. The van der Waals surface area contributed by atoms with E-state index in [1.54, 1.807) is 11.9 Å². The molecule has 104 valence electrons. The standard InChI is InChI=1S/C12H22N2O3S/c1-12(2)9-14(7-8-18-12)11(17)13(3)6-4-5-10(15)16/h4-9H2,1-3H3,(H,15,16). The third-order valence-corrected chi connectivity index (χ3v) is 4.20. The van der Waals surface area contributed by atoms with Crippen LogP contribution in [0.1, 0.15) is 26.7 Å². The molecule has 1 rings (SSSR count). The fourth-order valence-electron chi connectivity index (χ4n) is 1.98. The van der Waals surface area contributed by atoms with Gasteiger partial charge in [-0.3, -0.25) is 4.79 Å². The van der Waals surface area contributed by atoms with Crippen molar-refractivity contribution in [1.82, 2.24) is 9.80 Å². The molecule has 1 N–H and O–H groups in total. The van der Waals surface area contributed by atoms with Crippen molar-refractivity contribution in [3.8, 4) is 0 Å². The lowest BCUT2D eigenvalue weighted by atomic mass is 10.2. The zero-order valence-corrected chi connectivity index (χ0v) is 12.1. The van der Waals surface area contributed by atoms with E-state index in [1.165, 1.54) is 0 Å². The van der Waals surface area contributed by atoms with Crippen molar-refractivity contribution in [1.29, 1.82) is 0 Å². The first-order valence-corrected chi connectivity index (χ1v) is 7.16. The van der Waals surface area contributed by atoms with E-state index in [1.807, 2.05) is 16.7 Å². The predicted molar refractivity (Wildman–Crippen MR) is 73.0 cm³/mol. The Balaban J connectivity index is 2.40. The monoisotopic (exact) mass is 274 g/mol. The van der Waals surface area contributed by atoms with Crippen molar-refractivity contribution in [2.45, 2.75) is 31.4 Å². The average molecular weight is 274 g/mol. The maximum atomic E-state index is 12.2. The molecule has 0 saturated carbocycles. The molecule has 2 amide bonds. The number of hydrogen-bond acceptors (Lipinski definition) is 3. The van der Waals surface area contributed by atoms with Crippen molar-refractivity contribution in [3.05, 3.63) is 0 Å². The van der Waals surface area contributed by atoms with E-state index in [4.69, 9.17) is 5.11 Å². The van der Waals surface area contributed by atoms with Crippen molar-refractivity contribution in [2.24, 2.45) is 0 Å². The number of aliphatic carboxylic acids is 1. The number of carbonyl (C=O) groups excluding carboxylic acids is 1. The second-order valence-corrected chi connectivity index (χ2v) is 7.03. The van der Waals surface area contributed by atoms with E-state index in [9.17, 15) is 9.59 Å². The molecular formula is C12H22N2O3S. The summed E-state index contributed by atoms with van der Waals surface area (Å²) in [4.78, 5) is 26.1. The SMILES string of the molecule is CN(CCCC(=O)O)C(=O)N1CCSC(C)(C)C1. The summed E-state index contributed by atoms with van der Waals surface area (Å²) in [6.45, 7) is 6.30. The average Bonchev–Trinajstić information content (AvgIpc) is 2.26. The van der Waals surface area contributed by atoms with Crippen LogP contribution in [0, 0.1) is 0 Å². The predicted octanol–water partition coefficient (Wildman–Crippen LogP) is 1.73. The van der Waals surface area contributed by atoms with Gasteiger partial charge in [0.25, 0.3) is 0 Å². The van der Waals surface area contributed by atoms with E-state index >= 15 is 0 Å². The Bertz CT molecular complexity index is 320. The Labute approximate surface area is 113 Å². The van der Waals surface area contributed by atoms with Crippen molar-refractivity contribution >= 4 is 23.8 Å². The lowest BCUT2D eigenvalue weighted by molar-refractivity contribution is -0.137. The first kappa shape index (κ1) is 15.1. The van der Waals surface area contributed by atoms with Gasteiger partial charge >= 0.3 is 12.0 Å². The number of carboxylic acid groups (broad SMARTS) is 1. The maximum Gasteiger partial charge on any atom is 0.319 e. The highest BCUT2D eigenvalue weighted by atomic mass is 32.2. The molecule has 0 aromatic carbocycles. The summed E-state index contributed by atoms with van der Waals surface area (Å²) in [6, 6.07) is 0.00811. The summed E-state index contributed by atoms with van der Waals surface area (Å²) in [5.74, 6) is 0.146. The molecule has 0 aliphatic carbocycles. The number of nitrogens with zero attached hydrogens (tertiary/aromatic N) is 2. The summed E-state index contributed by atoms with van der Waals surface area (Å²) in [5.41, 5.74) is 0. The lowest BCUT2D eigenvalue weighted by Gasteiger charge is -2.39. The molecule has 18 heavy (non-hydrogen) atoms. The molecule has 0 bridgehead atoms. The molecule has 1 fully saturated rings. The zero-order valence-electron chi connectivity index (χ0n) is 11.3. The molecule has 0 atom stereocenters. The van der Waals surface area contributed by atoms with Gasteiger partial charge in [0.1, 0.15) is 0 Å². The van der Waals surface area contributed by atoms with Gasteiger partial charge in [-0.05, 0) is 20.3 Å². The fraction of sp³-hybridized carbons (Fsp3) is 0.833. The zero-order chi connectivity index (χ0) is 13.8. The molecule has 5 nitrogen and oxygen atoms in total. The number of rotatable bonds is 4. The van der Waals surface area contributed by atoms with Gasteiger partial charge in [0.2, 0.25) is 0 Å². The van der Waals surface area contributed by atoms with Crippen LogP contribution in [0.2, 0.25) is 0 Å². The molecule has 0 unspecified atom stereocenters. The molecule has 0 aromatic rings. The van der Waals surface area contributed by atoms with Crippen LogP contribution < -0.4 is 0 Å². The third-order valence-electron chi connectivity index (χ3n) is 2.91. The Hall–Kier alpha value is -0.910. The molecule has 1 aliphatic heterocycles. The largest absolute Gasteiger partial charge is 0.481 e. The summed E-state index contributed by atoms with van der Waals surface area (Å²) in [5, 5.41) is 8.57. The smallest absolute Gasteiger partial charge is 0.319 e. The fourth-order valence-corrected chi connectivity index (χ4v) is 3.10. The van der Waals surface area contributed by atoms with Crippen LogP contribution in [0.4, 0.5) is 4.79 Å². The highest BCUT2D eigenvalue weighted by Crippen LogP contribution is 2.29. The molecule has 1 heterocycles. The van der Waals surface area contributed by atoms with Crippen LogP contribution in [-0.4, -0.2) is 64.1 Å². The van der Waals surface area contributed by atoms with Gasteiger partial charge in [0, 0.05) is 43.6 Å². The van der Waals surface area contributed by atoms with Crippen LogP contribution in [0.25, 0.3) is 0 Å². The lowest BCUT2D eigenvalue weighted by Crippen LogP contribution is -2.50. The second kappa shape index (κ2) is 6.31. The van der Waals surface area contributed by atoms with Crippen LogP contribution in [0.15, 0.2) is 0 Å². The van der Waals surface area contributed by atoms with Gasteiger partial charge < -0.3 is 14.9 Å². The van der Waals surface area contributed by atoms with Gasteiger partial charge in [-0.15, -0.1) is 0 Å². The van der Waals surface area contributed by atoms with Crippen LogP contribution in [-0.2, 0) is 4.79 Å². The first-order chi connectivity index (χ1) is 8.32. The number of thioether (sulfide) groups is 1. The molecule has 0 aromatic heterocycles. The van der Waals surface area contributed by atoms with E-state index in [2.05, 4.69) is 13.8 Å². The van der Waals surface area contributed by atoms with Crippen molar-refractivity contribution < 1.29 is 14.7 Å². The molecule has 1 aliphatic rings. The van der Waals surface area contributed by atoms with E-state index in [-0.39, 0.29) is 17.2 Å². The Morgan fingerprint density at radius 3 is 2.67 bits per heavy atom. The first-order valence-electron chi connectivity index (χ1n) is 6.17. The Kier molecular flexibility index (Phi) is 5.31. The molecule has 0 radical (unpaired) electrons. The summed E-state index contributed by atoms with van der Waals surface area (Å²) < 4.78 is 0.107. The van der Waals surface area contributed by atoms with E-state index < -0.39 is 5.97 Å². The molecular weight excluding hydrogens is 252 g/mol. The van der Waals surface area contributed by atoms with Crippen molar-refractivity contribution in [3.63, 3.8) is 0 Å². The Morgan fingerprint density at radius 1 is 1.44 bits per heavy atom. The van der Waals surface area contributed by atoms with Gasteiger partial charge in [-0.1, -0.05) is 0 Å². The number of carboxylic acids is 1. The van der Waals surface area contributed by atoms with Crippen LogP contribution >= 0.6 is 11.8 Å². The van der Waals surface area contributed by atoms with Gasteiger partial charge in [-0.25, -0.2) is 4.79 Å². The minimum Gasteiger partial charge on any atom is -0.481 e. The molecule has 1 saturated heterocycles. The molecule has 0 spiro atoms. The normalized spacial score (nSPS) is 18.5. The Morgan fingerprint density at radius 2 is 2.11 bits per heavy atom. The highest BCUT2D eigenvalue weighted by molar-refractivity contribution is 8.00. The number of hydrogen-bond donors (Lipinski definition) is 1. The summed E-state index contributed by atoms with van der Waals surface area (Å²) >= 11 is 1.88. The second-order valence-electron chi connectivity index (χ2n) is 5.23. The van der Waals surface area contributed by atoms with Gasteiger partial charge in [-0.2, -0.15) is 11.8 Å². The number of carbonyl (C=O) groups is 2. The molecule has 6 heteroatoms. The maximum absolute atomic E-state index is 12.2. The number of urea groups is 1. The van der Waals surface area contributed by atoms with E-state index in [0.717, 1.165) is 18.8 Å². The van der Waals surface area contributed by atoms with Crippen molar-refractivity contribution in [2.75, 3.05) is 32.4 Å².